The number of H-pyrrole nitrogens is 3. The molecule has 0 unspecified atom stereocenters. The first-order valence-corrected chi connectivity index (χ1v) is 20.4. The van der Waals surface area contributed by atoms with E-state index < -0.39 is 12.1 Å². The lowest BCUT2D eigenvalue weighted by atomic mass is 10.0. The number of rotatable bonds is 11. The molecule has 310 valence electrons. The predicted octanol–water partition coefficient (Wildman–Crippen LogP) is 6.00. The number of carboxylic acid groups (broad SMARTS) is 1. The van der Waals surface area contributed by atoms with Crippen molar-refractivity contribution in [3.63, 3.8) is 0 Å². The van der Waals surface area contributed by atoms with Gasteiger partial charge in [-0.2, -0.15) is 0 Å². The van der Waals surface area contributed by atoms with Crippen LogP contribution in [0.4, 0.5) is 4.79 Å². The molecule has 3 aromatic carbocycles. The van der Waals surface area contributed by atoms with E-state index in [0.29, 0.717) is 41.5 Å². The summed E-state index contributed by atoms with van der Waals surface area (Å²) in [7, 11) is 0. The first kappa shape index (κ1) is 39.1. The monoisotopic (exact) mass is 820 g/mol. The van der Waals surface area contributed by atoms with Crippen LogP contribution >= 0.6 is 0 Å². The molecular formula is C44H44N12O5. The van der Waals surface area contributed by atoms with Gasteiger partial charge in [0.15, 0.2) is 0 Å². The van der Waals surface area contributed by atoms with Crippen LogP contribution in [0.3, 0.4) is 0 Å². The highest BCUT2D eigenvalue weighted by Crippen LogP contribution is 2.34. The lowest BCUT2D eigenvalue weighted by molar-refractivity contribution is -0.135. The summed E-state index contributed by atoms with van der Waals surface area (Å²) >= 11 is 0. The number of carbonyl (C=O) groups is 4. The van der Waals surface area contributed by atoms with Gasteiger partial charge in [-0.1, -0.05) is 44.2 Å². The number of fused-ring (bicyclic) bond motifs is 2. The standard InChI is InChI=1S/C44H44N12O5/c1-24(2)39(54-44(60)61)43(59)56-16-4-6-37(56)41-46-20-34(52-41)26-9-7-25(8-10-26)33-19-45-32-17-27(11-14-30(32)51-33)35-21-47-40(53-35)36-5-3-15-55(36)38(57)22-48-42(58)28-12-13-29-31(18-28)50-23-49-29/h7-14,17-21,23-24,36-37,39,54H,3-6,15-16,22H2,1-2H3,(H,46,52)(H,47,53)(H,48,58)(H,49,50)(H,60,61)/t36-,37-,39-/m0/s1. The number of aromatic nitrogens is 8. The SMILES string of the molecule is CC(C)[C@H](NC(=O)O)C(=O)N1CCC[C@H]1c1nc(-c2ccc(-c3cnc4cc(-c5cnc([C@@H]6CCCN6C(=O)CNC(=O)c6ccc7[nH]cnc7c6)[nH]5)ccc4n3)cc2)c[nH]1. The summed E-state index contributed by atoms with van der Waals surface area (Å²) in [6.07, 6.45) is 8.82. The Bertz CT molecular complexity index is 2770. The minimum atomic E-state index is -1.22. The van der Waals surface area contributed by atoms with Crippen LogP contribution in [0.5, 0.6) is 0 Å². The fourth-order valence-electron chi connectivity index (χ4n) is 8.36. The van der Waals surface area contributed by atoms with Gasteiger partial charge in [-0.25, -0.2) is 24.7 Å². The maximum absolute atomic E-state index is 13.4. The largest absolute Gasteiger partial charge is 0.465 e. The molecule has 0 bridgehead atoms. The van der Waals surface area contributed by atoms with Gasteiger partial charge in [0.1, 0.15) is 17.7 Å². The summed E-state index contributed by atoms with van der Waals surface area (Å²) < 4.78 is 0. The molecule has 2 aliphatic rings. The molecule has 7 aromatic rings. The van der Waals surface area contributed by atoms with Crippen molar-refractivity contribution in [1.29, 1.82) is 0 Å². The number of likely N-dealkylation sites (tertiary alicyclic amines) is 2. The highest BCUT2D eigenvalue weighted by atomic mass is 16.4. The molecule has 0 spiro atoms. The van der Waals surface area contributed by atoms with Gasteiger partial charge < -0.3 is 40.5 Å². The Hall–Kier alpha value is -7.43. The number of amides is 4. The summed E-state index contributed by atoms with van der Waals surface area (Å²) in [5, 5.41) is 14.4. The van der Waals surface area contributed by atoms with Crippen LogP contribution in [0.1, 0.15) is 73.6 Å². The minimum absolute atomic E-state index is 0.122. The lowest BCUT2D eigenvalue weighted by Gasteiger charge is -2.29. The summed E-state index contributed by atoms with van der Waals surface area (Å²) in [6, 6.07) is 17.6. The van der Waals surface area contributed by atoms with E-state index in [1.54, 1.807) is 46.7 Å². The molecule has 4 amide bonds. The van der Waals surface area contributed by atoms with Crippen molar-refractivity contribution >= 4 is 45.9 Å². The van der Waals surface area contributed by atoms with E-state index in [1.807, 2.05) is 62.5 Å². The summed E-state index contributed by atoms with van der Waals surface area (Å²) in [5.74, 6) is 0.409. The summed E-state index contributed by atoms with van der Waals surface area (Å²) in [6.45, 7) is 4.64. The first-order chi connectivity index (χ1) is 29.6. The molecule has 0 aliphatic carbocycles. The molecule has 0 radical (unpaired) electrons. The topological polar surface area (TPSA) is 231 Å². The van der Waals surface area contributed by atoms with Crippen LogP contribution < -0.4 is 10.6 Å². The van der Waals surface area contributed by atoms with E-state index in [-0.39, 0.29) is 42.3 Å². The van der Waals surface area contributed by atoms with Crippen molar-refractivity contribution in [2.45, 2.75) is 57.7 Å². The van der Waals surface area contributed by atoms with Crippen molar-refractivity contribution < 1.29 is 24.3 Å². The zero-order valence-corrected chi connectivity index (χ0v) is 33.6. The maximum Gasteiger partial charge on any atom is 0.405 e. The number of carbonyl (C=O) groups excluding carboxylic acids is 3. The molecule has 4 aromatic heterocycles. The Balaban J connectivity index is 0.838. The Morgan fingerprint density at radius 2 is 1.51 bits per heavy atom. The van der Waals surface area contributed by atoms with Crippen molar-refractivity contribution in [3.05, 3.63) is 103 Å². The third-order valence-electron chi connectivity index (χ3n) is 11.6. The number of aromatic amines is 3. The number of nitrogens with zero attached hydrogens (tertiary/aromatic N) is 7. The van der Waals surface area contributed by atoms with Crippen molar-refractivity contribution in [2.75, 3.05) is 19.6 Å². The van der Waals surface area contributed by atoms with E-state index in [2.05, 4.69) is 35.6 Å². The average Bonchev–Trinajstić information content (AvgIpc) is 4.13. The van der Waals surface area contributed by atoms with Crippen LogP contribution in [0.15, 0.2) is 85.6 Å². The second-order valence-electron chi connectivity index (χ2n) is 15.8. The number of hydrogen-bond donors (Lipinski definition) is 6. The highest BCUT2D eigenvalue weighted by Gasteiger charge is 2.37. The number of imidazole rings is 3. The summed E-state index contributed by atoms with van der Waals surface area (Å²) in [5.41, 5.74) is 8.32. The Morgan fingerprint density at radius 3 is 2.28 bits per heavy atom. The van der Waals surface area contributed by atoms with E-state index in [0.717, 1.165) is 70.3 Å². The second-order valence-corrected chi connectivity index (χ2v) is 15.8. The fourth-order valence-corrected chi connectivity index (χ4v) is 8.36. The number of benzene rings is 3. The molecule has 2 aliphatic heterocycles. The molecule has 0 saturated carbocycles. The number of nitrogens with one attached hydrogen (secondary N) is 5. The highest BCUT2D eigenvalue weighted by molar-refractivity contribution is 5.99. The Labute approximate surface area is 349 Å². The summed E-state index contributed by atoms with van der Waals surface area (Å²) in [4.78, 5) is 87.4. The van der Waals surface area contributed by atoms with E-state index >= 15 is 0 Å². The quantitative estimate of drug-likeness (QED) is 0.0891. The molecular weight excluding hydrogens is 777 g/mol. The van der Waals surface area contributed by atoms with Gasteiger partial charge in [0.25, 0.3) is 5.91 Å². The van der Waals surface area contributed by atoms with E-state index in [4.69, 9.17) is 15.0 Å². The fraction of sp³-hybridized carbons (Fsp3) is 0.295. The molecule has 17 heteroatoms. The first-order valence-electron chi connectivity index (χ1n) is 20.4. The van der Waals surface area contributed by atoms with E-state index in [1.165, 1.54) is 0 Å². The molecule has 2 fully saturated rings. The van der Waals surface area contributed by atoms with Crippen LogP contribution in [-0.4, -0.2) is 104 Å². The van der Waals surface area contributed by atoms with Gasteiger partial charge >= 0.3 is 6.09 Å². The van der Waals surface area contributed by atoms with Crippen LogP contribution in [-0.2, 0) is 9.59 Å². The molecule has 6 N–H and O–H groups in total. The van der Waals surface area contributed by atoms with E-state index in [9.17, 15) is 24.3 Å². The van der Waals surface area contributed by atoms with Gasteiger partial charge in [0.2, 0.25) is 11.8 Å². The Morgan fingerprint density at radius 1 is 0.770 bits per heavy atom. The van der Waals surface area contributed by atoms with Crippen molar-refractivity contribution in [3.8, 4) is 33.8 Å². The average molecular weight is 821 g/mol. The van der Waals surface area contributed by atoms with Crippen LogP contribution in [0, 0.1) is 5.92 Å². The minimum Gasteiger partial charge on any atom is -0.465 e. The van der Waals surface area contributed by atoms with Crippen LogP contribution in [0.2, 0.25) is 0 Å². The Kier molecular flexibility index (Phi) is 10.4. The third-order valence-corrected chi connectivity index (χ3v) is 11.6. The van der Waals surface area contributed by atoms with Gasteiger partial charge in [-0.05, 0) is 61.9 Å². The molecule has 2 saturated heterocycles. The normalized spacial score (nSPS) is 17.0. The maximum atomic E-state index is 13.4. The smallest absolute Gasteiger partial charge is 0.405 e. The molecule has 6 heterocycles. The van der Waals surface area contributed by atoms with Gasteiger partial charge in [0, 0.05) is 41.5 Å². The third kappa shape index (κ3) is 7.89. The van der Waals surface area contributed by atoms with Gasteiger partial charge in [-0.3, -0.25) is 19.4 Å². The van der Waals surface area contributed by atoms with Gasteiger partial charge in [0.05, 0.1) is 76.5 Å². The second kappa shape index (κ2) is 16.3. The van der Waals surface area contributed by atoms with Crippen molar-refractivity contribution in [2.24, 2.45) is 5.92 Å². The van der Waals surface area contributed by atoms with Gasteiger partial charge in [-0.15, -0.1) is 0 Å². The number of hydrogen-bond acceptors (Lipinski definition) is 9. The molecule has 17 nitrogen and oxygen atoms in total. The van der Waals surface area contributed by atoms with Crippen LogP contribution in [0.25, 0.3) is 55.8 Å². The molecule has 9 rings (SSSR count). The molecule has 61 heavy (non-hydrogen) atoms. The zero-order valence-electron chi connectivity index (χ0n) is 33.6. The zero-order chi connectivity index (χ0) is 42.2. The predicted molar refractivity (Wildman–Crippen MR) is 226 cm³/mol. The van der Waals surface area contributed by atoms with Crippen molar-refractivity contribution in [1.82, 2.24) is 60.3 Å². The molecule has 3 atom stereocenters. The lowest BCUT2D eigenvalue weighted by Crippen LogP contribution is -2.50.